The van der Waals surface area contributed by atoms with Gasteiger partial charge < -0.3 is 4.90 Å². The zero-order valence-corrected chi connectivity index (χ0v) is 31.2. The fourth-order valence-corrected chi connectivity index (χ4v) is 10.4. The van der Waals surface area contributed by atoms with Gasteiger partial charge in [-0.1, -0.05) is 189 Å². The lowest BCUT2D eigenvalue weighted by atomic mass is 9.64. The van der Waals surface area contributed by atoms with Gasteiger partial charge in [-0.05, 0) is 92.0 Å². The number of nitrogens with zero attached hydrogens (tertiary/aromatic N) is 1. The first-order chi connectivity index (χ1) is 26.5. The Morgan fingerprint density at radius 1 is 0.407 bits per heavy atom. The Morgan fingerprint density at radius 3 is 1.65 bits per heavy atom. The third-order valence-corrected chi connectivity index (χ3v) is 12.8. The molecule has 10 rings (SSSR count). The van der Waals surface area contributed by atoms with Gasteiger partial charge in [-0.15, -0.1) is 0 Å². The number of hydrogen-bond donors (Lipinski definition) is 0. The van der Waals surface area contributed by atoms with Gasteiger partial charge in [0.25, 0.3) is 0 Å². The van der Waals surface area contributed by atoms with Crippen molar-refractivity contribution in [3.05, 3.63) is 234 Å². The summed E-state index contributed by atoms with van der Waals surface area (Å²) in [6.07, 6.45) is 0. The van der Waals surface area contributed by atoms with Gasteiger partial charge in [0.2, 0.25) is 0 Å². The van der Waals surface area contributed by atoms with E-state index in [0.717, 1.165) is 11.4 Å². The van der Waals surface area contributed by atoms with Crippen molar-refractivity contribution >= 4 is 28.8 Å². The molecule has 0 aromatic heterocycles. The molecule has 2 aliphatic rings. The Labute approximate surface area is 322 Å². The summed E-state index contributed by atoms with van der Waals surface area (Å²) in [4.78, 5) is 5.03. The molecule has 0 saturated heterocycles. The number of anilines is 3. The van der Waals surface area contributed by atoms with Crippen LogP contribution in [0.5, 0.6) is 0 Å². The van der Waals surface area contributed by atoms with Gasteiger partial charge in [-0.3, -0.25) is 0 Å². The van der Waals surface area contributed by atoms with Crippen molar-refractivity contribution in [2.75, 3.05) is 4.90 Å². The monoisotopic (exact) mass is 709 g/mol. The maximum Gasteiger partial charge on any atom is 0.0724 e. The average molecular weight is 710 g/mol. The molecule has 258 valence electrons. The van der Waals surface area contributed by atoms with E-state index in [1.165, 1.54) is 71.1 Å². The summed E-state index contributed by atoms with van der Waals surface area (Å²) in [5, 5.41) is 0. The molecule has 0 radical (unpaired) electrons. The van der Waals surface area contributed by atoms with Crippen molar-refractivity contribution in [2.45, 2.75) is 34.5 Å². The van der Waals surface area contributed by atoms with E-state index in [4.69, 9.17) is 0 Å². The van der Waals surface area contributed by atoms with Gasteiger partial charge in [0, 0.05) is 26.6 Å². The Bertz CT molecular complexity index is 2600. The minimum atomic E-state index is -0.514. The predicted molar refractivity (Wildman–Crippen MR) is 227 cm³/mol. The van der Waals surface area contributed by atoms with Crippen LogP contribution in [0.15, 0.2) is 210 Å². The first-order valence-electron chi connectivity index (χ1n) is 18.8. The molecule has 0 bridgehead atoms. The quantitative estimate of drug-likeness (QED) is 0.169. The summed E-state index contributed by atoms with van der Waals surface area (Å²) in [5.74, 6) is 0. The van der Waals surface area contributed by atoms with E-state index >= 15 is 0 Å². The Hall–Kier alpha value is -6.09. The second kappa shape index (κ2) is 12.8. The molecule has 0 fully saturated rings. The smallest absolute Gasteiger partial charge is 0.0724 e. The van der Waals surface area contributed by atoms with Crippen LogP contribution in [0.25, 0.3) is 22.3 Å². The maximum absolute atomic E-state index is 2.49. The van der Waals surface area contributed by atoms with Crippen molar-refractivity contribution in [1.82, 2.24) is 0 Å². The molecule has 0 atom stereocenters. The second-order valence-corrected chi connectivity index (χ2v) is 15.9. The lowest BCUT2D eigenvalue weighted by Gasteiger charge is -2.43. The summed E-state index contributed by atoms with van der Waals surface area (Å²) < 4.78 is 0. The van der Waals surface area contributed by atoms with E-state index in [9.17, 15) is 0 Å². The fraction of sp³-hybridized carbons (Fsp3) is 0.0769. The second-order valence-electron chi connectivity index (χ2n) is 14.9. The van der Waals surface area contributed by atoms with E-state index in [1.807, 2.05) is 11.8 Å². The molecule has 1 aliphatic carbocycles. The van der Waals surface area contributed by atoms with E-state index in [1.54, 1.807) is 0 Å². The summed E-state index contributed by atoms with van der Waals surface area (Å²) in [6.45, 7) is 4.73. The summed E-state index contributed by atoms with van der Waals surface area (Å²) in [6, 6.07) is 73.9. The minimum Gasteiger partial charge on any atom is -0.309 e. The lowest BCUT2D eigenvalue weighted by molar-refractivity contribution is 0.660. The largest absolute Gasteiger partial charge is 0.309 e. The van der Waals surface area contributed by atoms with Crippen LogP contribution in [-0.2, 0) is 10.8 Å². The highest BCUT2D eigenvalue weighted by Crippen LogP contribution is 2.59. The van der Waals surface area contributed by atoms with Gasteiger partial charge in [0.1, 0.15) is 0 Å². The third kappa shape index (κ3) is 4.94. The van der Waals surface area contributed by atoms with E-state index in [0.29, 0.717) is 0 Å². The first kappa shape index (κ1) is 32.6. The van der Waals surface area contributed by atoms with Crippen LogP contribution in [-0.4, -0.2) is 0 Å². The van der Waals surface area contributed by atoms with Crippen LogP contribution in [0.1, 0.15) is 47.2 Å². The van der Waals surface area contributed by atoms with Crippen LogP contribution < -0.4 is 4.90 Å². The number of benzene rings is 8. The van der Waals surface area contributed by atoms with E-state index in [2.05, 4.69) is 219 Å². The zero-order chi connectivity index (χ0) is 36.3. The Balaban J connectivity index is 1.24. The molecule has 8 aromatic carbocycles. The summed E-state index contributed by atoms with van der Waals surface area (Å²) >= 11 is 1.89. The maximum atomic E-state index is 2.49. The van der Waals surface area contributed by atoms with Gasteiger partial charge in [0.05, 0.1) is 11.1 Å². The molecule has 0 spiro atoms. The van der Waals surface area contributed by atoms with E-state index < -0.39 is 5.41 Å². The third-order valence-electron chi connectivity index (χ3n) is 11.6. The highest BCUT2D eigenvalue weighted by atomic mass is 32.2. The average Bonchev–Trinajstić information content (AvgIpc) is 3.47. The van der Waals surface area contributed by atoms with Crippen LogP contribution >= 0.6 is 11.8 Å². The molecule has 1 heterocycles. The summed E-state index contributed by atoms with van der Waals surface area (Å²) in [5.41, 5.74) is 15.8. The molecule has 54 heavy (non-hydrogen) atoms. The molecule has 1 aliphatic heterocycles. The van der Waals surface area contributed by atoms with Crippen molar-refractivity contribution in [2.24, 2.45) is 0 Å². The fourth-order valence-electron chi connectivity index (χ4n) is 9.08. The minimum absolute atomic E-state index is 0.121. The molecule has 0 N–H and O–H groups in total. The standard InChI is InChI=1S/C52H39NS/c1-51(2)44-24-13-12-23-42(44)43-34-33-41(35-47(43)51)53(40-31-29-37(30-32-40)36-17-6-3-7-18-36)48-27-16-26-46-50(48)54-49-28-15-14-25-45(49)52(46,38-19-8-4-9-20-38)39-21-10-5-11-22-39/h3-35H,1-2H3. The molecule has 0 saturated carbocycles. The van der Waals surface area contributed by atoms with Crippen molar-refractivity contribution in [1.29, 1.82) is 0 Å². The Kier molecular flexibility index (Phi) is 7.71. The molecule has 8 aromatic rings. The van der Waals surface area contributed by atoms with Crippen molar-refractivity contribution in [3.8, 4) is 22.3 Å². The van der Waals surface area contributed by atoms with Gasteiger partial charge in [-0.25, -0.2) is 0 Å². The predicted octanol–water partition coefficient (Wildman–Crippen LogP) is 14.0. The van der Waals surface area contributed by atoms with Crippen molar-refractivity contribution in [3.63, 3.8) is 0 Å². The highest BCUT2D eigenvalue weighted by molar-refractivity contribution is 7.99. The SMILES string of the molecule is CC1(C)c2ccccc2-c2ccc(N(c3ccc(-c4ccccc4)cc3)c3cccc4c3Sc3ccccc3C4(c3ccccc3)c3ccccc3)cc21. The lowest BCUT2D eigenvalue weighted by Crippen LogP contribution is -2.34. The van der Waals surface area contributed by atoms with Gasteiger partial charge >= 0.3 is 0 Å². The van der Waals surface area contributed by atoms with Crippen LogP contribution in [0.4, 0.5) is 17.1 Å². The number of fused-ring (bicyclic) bond motifs is 5. The van der Waals surface area contributed by atoms with Crippen LogP contribution in [0, 0.1) is 0 Å². The van der Waals surface area contributed by atoms with Crippen LogP contribution in [0.2, 0.25) is 0 Å². The molecule has 2 heteroatoms. The number of rotatable bonds is 6. The first-order valence-corrected chi connectivity index (χ1v) is 19.6. The molecular formula is C52H39NS. The highest BCUT2D eigenvalue weighted by Gasteiger charge is 2.45. The number of hydrogen-bond acceptors (Lipinski definition) is 2. The molecule has 0 unspecified atom stereocenters. The van der Waals surface area contributed by atoms with E-state index in [-0.39, 0.29) is 5.41 Å². The normalized spacial score (nSPS) is 14.3. The van der Waals surface area contributed by atoms with Gasteiger partial charge in [0.15, 0.2) is 0 Å². The van der Waals surface area contributed by atoms with Crippen molar-refractivity contribution < 1.29 is 0 Å². The van der Waals surface area contributed by atoms with Crippen LogP contribution in [0.3, 0.4) is 0 Å². The molecule has 1 nitrogen and oxygen atoms in total. The van der Waals surface area contributed by atoms with Gasteiger partial charge in [-0.2, -0.15) is 0 Å². The molecule has 0 amide bonds. The Morgan fingerprint density at radius 2 is 0.944 bits per heavy atom. The molecular weight excluding hydrogens is 671 g/mol. The zero-order valence-electron chi connectivity index (χ0n) is 30.4. The topological polar surface area (TPSA) is 3.24 Å². The summed E-state index contributed by atoms with van der Waals surface area (Å²) in [7, 11) is 0.